The molecule has 0 amide bonds. The van der Waals surface area contributed by atoms with Crippen LogP contribution in [0.1, 0.15) is 11.1 Å². The number of hydrogen-bond acceptors (Lipinski definition) is 17. The fourth-order valence-corrected chi connectivity index (χ4v) is 4.73. The Labute approximate surface area is 318 Å². The first-order chi connectivity index (χ1) is 25.1. The van der Waals surface area contributed by atoms with Crippen molar-refractivity contribution in [2.45, 2.75) is 4.90 Å². The maximum Gasteiger partial charge on any atom is 2.00 e. The van der Waals surface area contributed by atoms with Crippen molar-refractivity contribution in [3.05, 3.63) is 101 Å². The largest absolute Gasteiger partial charge is 2.00 e. The monoisotopic (exact) mass is 854 g/mol. The number of amidine groups is 1. The topological polar surface area (TPSA) is 300 Å². The molecule has 289 valence electrons. The first-order valence-corrected chi connectivity index (χ1v) is 18.5. The molecular formula is C29H26CuFN9O11S3. The molecule has 1 radical (unpaired) electrons. The summed E-state index contributed by atoms with van der Waals surface area (Å²) in [6.45, 7) is 3.12. The molecule has 54 heavy (non-hydrogen) atoms. The van der Waals surface area contributed by atoms with Gasteiger partial charge < -0.3 is 35.8 Å². The van der Waals surface area contributed by atoms with E-state index in [1.54, 1.807) is 48.8 Å². The van der Waals surface area contributed by atoms with E-state index in [1.807, 2.05) is 0 Å². The number of rotatable bonds is 16. The van der Waals surface area contributed by atoms with Crippen LogP contribution in [0.3, 0.4) is 0 Å². The molecule has 20 nitrogen and oxygen atoms in total. The van der Waals surface area contributed by atoms with Crippen LogP contribution in [-0.4, -0.2) is 91.7 Å². The molecule has 0 aliphatic rings. The van der Waals surface area contributed by atoms with Crippen LogP contribution >= 0.6 is 0 Å². The fraction of sp³-hybridized carbons (Fsp3) is 0.138. The van der Waals surface area contributed by atoms with Crippen molar-refractivity contribution in [1.82, 2.24) is 15.0 Å². The summed E-state index contributed by atoms with van der Waals surface area (Å²) in [6.07, 6.45) is 0.486. The molecule has 1 heterocycles. The first-order valence-electron chi connectivity index (χ1n) is 14.3. The van der Waals surface area contributed by atoms with Crippen LogP contribution in [-0.2, 0) is 57.2 Å². The molecule has 4 aromatic rings. The number of phenols is 1. The Morgan fingerprint density at radius 3 is 2.30 bits per heavy atom. The molecule has 1 aromatic heterocycles. The smallest absolute Gasteiger partial charge is 0.571 e. The number of aromatic hydroxyl groups is 1. The van der Waals surface area contributed by atoms with Gasteiger partial charge in [0.2, 0.25) is 11.9 Å². The predicted molar refractivity (Wildman–Crippen MR) is 186 cm³/mol. The average molecular weight is 855 g/mol. The van der Waals surface area contributed by atoms with Crippen LogP contribution in [0.4, 0.5) is 33.3 Å². The maximum absolute atomic E-state index is 14.3. The number of azo groups is 1. The molecule has 0 atom stereocenters. The second-order valence-electron chi connectivity index (χ2n) is 9.68. The fourth-order valence-electron chi connectivity index (χ4n) is 3.69. The van der Waals surface area contributed by atoms with Crippen molar-refractivity contribution in [3.8, 4) is 5.75 Å². The van der Waals surface area contributed by atoms with E-state index in [-0.39, 0.29) is 65.6 Å². The summed E-state index contributed by atoms with van der Waals surface area (Å²) in [5.74, 6) is -1.88. The van der Waals surface area contributed by atoms with Crippen molar-refractivity contribution < 1.29 is 70.1 Å². The molecule has 0 aliphatic carbocycles. The number of benzene rings is 3. The van der Waals surface area contributed by atoms with Crippen molar-refractivity contribution in [2.24, 2.45) is 15.3 Å². The third kappa shape index (κ3) is 14.8. The number of nitrogens with one attached hydrogen (secondary N) is 2. The maximum atomic E-state index is 14.3. The van der Waals surface area contributed by atoms with Gasteiger partial charge in [0.05, 0.1) is 35.8 Å². The number of sulfone groups is 1. The van der Waals surface area contributed by atoms with E-state index in [1.165, 1.54) is 12.1 Å². The van der Waals surface area contributed by atoms with Crippen LogP contribution < -0.4 is 10.6 Å². The van der Waals surface area contributed by atoms with Crippen LogP contribution in [0, 0.1) is 6.08 Å². The van der Waals surface area contributed by atoms with E-state index in [4.69, 9.17) is 17.4 Å². The van der Waals surface area contributed by atoms with Gasteiger partial charge in [-0.15, -0.1) is 29.4 Å². The SMILES string of the molecule is C=CS(=O)(=O)CCOCCNc1nc(F)nc(Nc2cc(S(=O)(=O)O)cc([N-]N=C(N=Nc3ccccc3[C-]=O)c3ccccc3)c2O)n1.O=S(=O)=O.[Cu+2]. The number of aromatic nitrogens is 3. The van der Waals surface area contributed by atoms with E-state index in [9.17, 15) is 35.7 Å². The minimum Gasteiger partial charge on any atom is -0.571 e. The van der Waals surface area contributed by atoms with E-state index >= 15 is 0 Å². The number of hydrogen-bond donors (Lipinski definition) is 4. The molecule has 25 heteroatoms. The summed E-state index contributed by atoms with van der Waals surface area (Å²) in [5.41, 5.74) is 3.73. The molecule has 0 bridgehead atoms. The molecule has 0 unspecified atom stereocenters. The van der Waals surface area contributed by atoms with E-state index < -0.39 is 64.6 Å². The predicted octanol–water partition coefficient (Wildman–Crippen LogP) is 3.30. The molecule has 4 N–H and O–H groups in total. The Hall–Kier alpha value is -5.56. The summed E-state index contributed by atoms with van der Waals surface area (Å²) in [5, 5.41) is 29.1. The van der Waals surface area contributed by atoms with Gasteiger partial charge in [-0.25, -0.2) is 13.5 Å². The van der Waals surface area contributed by atoms with Gasteiger partial charge in [0.15, 0.2) is 15.7 Å². The van der Waals surface area contributed by atoms with Gasteiger partial charge in [0.1, 0.15) is 5.75 Å². The average Bonchev–Trinajstić information content (AvgIpc) is 3.10. The standard InChI is InChI=1S/C29H26FN9O8S2.Cu.O3S/c1-2-48(42,43)15-14-47-13-12-31-28-33-27(30)34-29(35-28)32-23-16-21(49(44,45)46)17-24(25(23)41)37-39-26(19-8-4-3-5-9-19)38-36-22-11-7-6-10-20(22)18-40;;1-4(2)3/h2-11,16-17H,1,12-15H2,(H4-,31,32,33,34,35,36,37,38,39,40,41,44,45,46);;/q-2;+2;. The summed E-state index contributed by atoms with van der Waals surface area (Å²) >= 11 is 0. The third-order valence-electron chi connectivity index (χ3n) is 6.06. The summed E-state index contributed by atoms with van der Waals surface area (Å²) < 4.78 is 102. The van der Waals surface area contributed by atoms with Gasteiger partial charge >= 0.3 is 33.8 Å². The molecule has 0 aliphatic heterocycles. The Morgan fingerprint density at radius 1 is 1.00 bits per heavy atom. The van der Waals surface area contributed by atoms with Crippen LogP contribution in [0.2, 0.25) is 0 Å². The van der Waals surface area contributed by atoms with Crippen molar-refractivity contribution in [2.75, 3.05) is 36.1 Å². The number of halogens is 1. The van der Waals surface area contributed by atoms with E-state index in [0.717, 1.165) is 17.5 Å². The molecule has 3 aromatic carbocycles. The molecule has 0 saturated heterocycles. The zero-order valence-electron chi connectivity index (χ0n) is 27.1. The van der Waals surface area contributed by atoms with Gasteiger partial charge in [-0.05, 0) is 11.8 Å². The summed E-state index contributed by atoms with van der Waals surface area (Å²) in [4.78, 5) is 21.5. The summed E-state index contributed by atoms with van der Waals surface area (Å²) in [7, 11) is -11.4. The quantitative estimate of drug-likeness (QED) is 0.0145. The van der Waals surface area contributed by atoms with Crippen molar-refractivity contribution in [3.63, 3.8) is 0 Å². The van der Waals surface area contributed by atoms with E-state index in [0.29, 0.717) is 5.56 Å². The van der Waals surface area contributed by atoms with Gasteiger partial charge in [-0.1, -0.05) is 60.8 Å². The van der Waals surface area contributed by atoms with Gasteiger partial charge in [0.25, 0.3) is 10.1 Å². The Balaban J connectivity index is 0.00000192. The van der Waals surface area contributed by atoms with Crippen LogP contribution in [0.25, 0.3) is 5.43 Å². The first kappa shape index (κ1) is 44.6. The molecule has 0 spiro atoms. The van der Waals surface area contributed by atoms with Gasteiger partial charge in [-0.2, -0.15) is 33.8 Å². The normalized spacial score (nSPS) is 11.4. The number of ether oxygens (including phenoxy) is 1. The van der Waals surface area contributed by atoms with Crippen LogP contribution in [0.15, 0.2) is 98.9 Å². The zero-order chi connectivity index (χ0) is 39.0. The number of carbonyl (C=O) groups excluding carboxylic acids is 1. The van der Waals surface area contributed by atoms with Crippen LogP contribution in [0.5, 0.6) is 5.75 Å². The number of anilines is 3. The molecule has 0 fully saturated rings. The zero-order valence-corrected chi connectivity index (χ0v) is 30.5. The molecular weight excluding hydrogens is 829 g/mol. The van der Waals surface area contributed by atoms with Gasteiger partial charge in [0, 0.05) is 17.5 Å². The van der Waals surface area contributed by atoms with Crippen molar-refractivity contribution >= 4 is 71.6 Å². The van der Waals surface area contributed by atoms with Gasteiger partial charge in [-0.3, -0.25) is 4.55 Å². The second-order valence-corrected chi connectivity index (χ2v) is 13.6. The Morgan fingerprint density at radius 2 is 1.65 bits per heavy atom. The minimum absolute atomic E-state index is 0. The number of phenolic OH excluding ortho intramolecular Hbond substituents is 1. The summed E-state index contributed by atoms with van der Waals surface area (Å²) in [6, 6.07) is 16.2. The second kappa shape index (κ2) is 21.2. The minimum atomic E-state index is -4.88. The van der Waals surface area contributed by atoms with E-state index in [2.05, 4.69) is 52.9 Å². The Bertz CT molecular complexity index is 2330. The molecule has 4 rings (SSSR count). The number of nitrogens with zero attached hydrogens (tertiary/aromatic N) is 7. The molecule has 0 saturated carbocycles. The Kier molecular flexibility index (Phi) is 17.5. The third-order valence-corrected chi connectivity index (χ3v) is 8.14. The van der Waals surface area contributed by atoms with Crippen molar-refractivity contribution in [1.29, 1.82) is 0 Å².